The normalized spacial score (nSPS) is 12.0. The van der Waals surface area contributed by atoms with Crippen molar-refractivity contribution < 1.29 is 9.90 Å². The average molecular weight is 225 g/mol. The van der Waals surface area contributed by atoms with Gasteiger partial charge in [-0.3, -0.25) is 4.79 Å². The highest BCUT2D eigenvalue weighted by Crippen LogP contribution is 2.11. The SMILES string of the molecule is CC(C)(O)C(=O)C=Cc1ccc(Cl)cc1. The van der Waals surface area contributed by atoms with Crippen LogP contribution in [-0.2, 0) is 4.79 Å². The van der Waals surface area contributed by atoms with Gasteiger partial charge in [0.15, 0.2) is 5.78 Å². The summed E-state index contributed by atoms with van der Waals surface area (Å²) in [4.78, 5) is 11.3. The molecule has 1 aromatic rings. The second kappa shape index (κ2) is 4.60. The molecule has 0 aliphatic rings. The molecule has 0 radical (unpaired) electrons. The van der Waals surface area contributed by atoms with Crippen LogP contribution < -0.4 is 0 Å². The van der Waals surface area contributed by atoms with Crippen LogP contribution in [0.4, 0.5) is 0 Å². The van der Waals surface area contributed by atoms with Gasteiger partial charge >= 0.3 is 0 Å². The Morgan fingerprint density at radius 1 is 1.33 bits per heavy atom. The third kappa shape index (κ3) is 3.86. The van der Waals surface area contributed by atoms with E-state index in [0.29, 0.717) is 5.02 Å². The van der Waals surface area contributed by atoms with Crippen molar-refractivity contribution in [2.75, 3.05) is 0 Å². The number of carbonyl (C=O) groups excluding carboxylic acids is 1. The maximum atomic E-state index is 11.3. The van der Waals surface area contributed by atoms with Crippen molar-refractivity contribution in [3.8, 4) is 0 Å². The zero-order chi connectivity index (χ0) is 11.5. The Morgan fingerprint density at radius 2 is 1.87 bits per heavy atom. The Labute approximate surface area is 94.2 Å². The Bertz CT molecular complexity index is 372. The maximum Gasteiger partial charge on any atom is 0.186 e. The van der Waals surface area contributed by atoms with Crippen LogP contribution in [0.3, 0.4) is 0 Å². The van der Waals surface area contributed by atoms with Crippen LogP contribution in [0, 0.1) is 0 Å². The first-order chi connectivity index (χ1) is 6.89. The molecule has 0 saturated heterocycles. The molecule has 3 heteroatoms. The minimum Gasteiger partial charge on any atom is -0.382 e. The molecular formula is C12H13ClO2. The second-order valence-electron chi connectivity index (χ2n) is 3.81. The minimum absolute atomic E-state index is 0.322. The van der Waals surface area contributed by atoms with Gasteiger partial charge in [0.05, 0.1) is 0 Å². The van der Waals surface area contributed by atoms with Crippen LogP contribution in [0.25, 0.3) is 6.08 Å². The molecule has 0 spiro atoms. The summed E-state index contributed by atoms with van der Waals surface area (Å²) in [5.41, 5.74) is -0.444. The van der Waals surface area contributed by atoms with Gasteiger partial charge in [0.2, 0.25) is 0 Å². The Morgan fingerprint density at radius 3 is 2.33 bits per heavy atom. The largest absolute Gasteiger partial charge is 0.382 e. The number of halogens is 1. The predicted molar refractivity (Wildman–Crippen MR) is 61.8 cm³/mol. The van der Waals surface area contributed by atoms with Crippen LogP contribution in [0.1, 0.15) is 19.4 Å². The number of ketones is 1. The van der Waals surface area contributed by atoms with E-state index in [2.05, 4.69) is 0 Å². The number of benzene rings is 1. The highest BCUT2D eigenvalue weighted by atomic mass is 35.5. The summed E-state index contributed by atoms with van der Waals surface area (Å²) in [7, 11) is 0. The van der Waals surface area contributed by atoms with Crippen molar-refractivity contribution in [3.05, 3.63) is 40.9 Å². The van der Waals surface area contributed by atoms with E-state index in [4.69, 9.17) is 11.6 Å². The summed E-state index contributed by atoms with van der Waals surface area (Å²) < 4.78 is 0. The monoisotopic (exact) mass is 224 g/mol. The molecule has 2 nitrogen and oxygen atoms in total. The van der Waals surface area contributed by atoms with Crippen LogP contribution in [-0.4, -0.2) is 16.5 Å². The number of hydrogen-bond donors (Lipinski definition) is 1. The van der Waals surface area contributed by atoms with E-state index in [1.165, 1.54) is 19.9 Å². The van der Waals surface area contributed by atoms with Crippen LogP contribution in [0.5, 0.6) is 0 Å². The first kappa shape index (κ1) is 12.0. The molecule has 15 heavy (non-hydrogen) atoms. The molecule has 0 atom stereocenters. The summed E-state index contributed by atoms with van der Waals surface area (Å²) >= 11 is 5.72. The van der Waals surface area contributed by atoms with Crippen molar-refractivity contribution in [2.24, 2.45) is 0 Å². The summed E-state index contributed by atoms with van der Waals surface area (Å²) in [6, 6.07) is 7.10. The average Bonchev–Trinajstić information content (AvgIpc) is 2.15. The molecule has 0 aromatic heterocycles. The Balaban J connectivity index is 2.74. The summed E-state index contributed by atoms with van der Waals surface area (Å²) in [6.45, 7) is 2.92. The van der Waals surface area contributed by atoms with E-state index in [1.54, 1.807) is 30.3 Å². The number of carbonyl (C=O) groups is 1. The molecule has 0 bridgehead atoms. The van der Waals surface area contributed by atoms with Crippen LogP contribution in [0.15, 0.2) is 30.3 Å². The van der Waals surface area contributed by atoms with E-state index in [1.807, 2.05) is 0 Å². The van der Waals surface area contributed by atoms with Gasteiger partial charge in [-0.25, -0.2) is 0 Å². The molecule has 0 aliphatic heterocycles. The van der Waals surface area contributed by atoms with Gasteiger partial charge in [-0.15, -0.1) is 0 Å². The van der Waals surface area contributed by atoms with Crippen LogP contribution in [0.2, 0.25) is 5.02 Å². The lowest BCUT2D eigenvalue weighted by atomic mass is 10.0. The number of aliphatic hydroxyl groups is 1. The van der Waals surface area contributed by atoms with Crippen molar-refractivity contribution in [2.45, 2.75) is 19.4 Å². The molecule has 0 amide bonds. The van der Waals surface area contributed by atoms with E-state index >= 15 is 0 Å². The van der Waals surface area contributed by atoms with Gasteiger partial charge in [-0.2, -0.15) is 0 Å². The molecule has 0 aliphatic carbocycles. The van der Waals surface area contributed by atoms with Gasteiger partial charge in [0, 0.05) is 5.02 Å². The quantitative estimate of drug-likeness (QED) is 0.802. The van der Waals surface area contributed by atoms with Crippen molar-refractivity contribution in [1.82, 2.24) is 0 Å². The standard InChI is InChI=1S/C12H13ClO2/c1-12(2,15)11(14)8-5-9-3-6-10(13)7-4-9/h3-8,15H,1-2H3. The van der Waals surface area contributed by atoms with Crippen molar-refractivity contribution in [3.63, 3.8) is 0 Å². The lowest BCUT2D eigenvalue weighted by Crippen LogP contribution is -2.29. The maximum absolute atomic E-state index is 11.3. The summed E-state index contributed by atoms with van der Waals surface area (Å²) in [6.07, 6.45) is 3.01. The number of rotatable bonds is 3. The van der Waals surface area contributed by atoms with E-state index < -0.39 is 5.60 Å². The molecule has 0 heterocycles. The fraction of sp³-hybridized carbons (Fsp3) is 0.250. The Hall–Kier alpha value is -1.12. The zero-order valence-corrected chi connectivity index (χ0v) is 9.45. The van der Waals surface area contributed by atoms with E-state index in [9.17, 15) is 9.90 Å². The molecule has 0 fully saturated rings. The topological polar surface area (TPSA) is 37.3 Å². The highest BCUT2D eigenvalue weighted by molar-refractivity contribution is 6.30. The first-order valence-electron chi connectivity index (χ1n) is 4.60. The smallest absolute Gasteiger partial charge is 0.186 e. The van der Waals surface area contributed by atoms with Crippen molar-refractivity contribution >= 4 is 23.5 Å². The lowest BCUT2D eigenvalue weighted by molar-refractivity contribution is -0.128. The first-order valence-corrected chi connectivity index (χ1v) is 4.98. The van der Waals surface area contributed by atoms with E-state index in [-0.39, 0.29) is 5.78 Å². The van der Waals surface area contributed by atoms with Gasteiger partial charge in [0.25, 0.3) is 0 Å². The third-order valence-corrected chi connectivity index (χ3v) is 2.15. The summed E-state index contributed by atoms with van der Waals surface area (Å²) in [5.74, 6) is -0.322. The van der Waals surface area contributed by atoms with Crippen LogP contribution >= 0.6 is 11.6 Å². The van der Waals surface area contributed by atoms with Gasteiger partial charge in [-0.1, -0.05) is 29.8 Å². The molecule has 1 N–H and O–H groups in total. The fourth-order valence-corrected chi connectivity index (χ4v) is 1.08. The fourth-order valence-electron chi connectivity index (χ4n) is 0.950. The van der Waals surface area contributed by atoms with Gasteiger partial charge < -0.3 is 5.11 Å². The van der Waals surface area contributed by atoms with Gasteiger partial charge in [0.1, 0.15) is 5.60 Å². The molecule has 80 valence electrons. The Kier molecular flexibility index (Phi) is 3.66. The number of hydrogen-bond acceptors (Lipinski definition) is 2. The molecule has 0 unspecified atom stereocenters. The molecule has 0 saturated carbocycles. The van der Waals surface area contributed by atoms with E-state index in [0.717, 1.165) is 5.56 Å². The molecule has 1 rings (SSSR count). The second-order valence-corrected chi connectivity index (χ2v) is 4.24. The lowest BCUT2D eigenvalue weighted by Gasteiger charge is -2.11. The van der Waals surface area contributed by atoms with Gasteiger partial charge in [-0.05, 0) is 37.6 Å². The third-order valence-electron chi connectivity index (χ3n) is 1.90. The molecule has 1 aromatic carbocycles. The minimum atomic E-state index is -1.32. The zero-order valence-electron chi connectivity index (χ0n) is 8.70. The highest BCUT2D eigenvalue weighted by Gasteiger charge is 2.20. The molecular weight excluding hydrogens is 212 g/mol. The van der Waals surface area contributed by atoms with Crippen molar-refractivity contribution in [1.29, 1.82) is 0 Å². The predicted octanol–water partition coefficient (Wildman–Crippen LogP) is 2.69. The summed E-state index contributed by atoms with van der Waals surface area (Å²) in [5, 5.41) is 10.0.